The molecule has 0 atom stereocenters. The van der Waals surface area contributed by atoms with Gasteiger partial charge in [0.25, 0.3) is 0 Å². The summed E-state index contributed by atoms with van der Waals surface area (Å²) in [5.41, 5.74) is 7.02. The molecule has 2 N–H and O–H groups in total. The van der Waals surface area contributed by atoms with Gasteiger partial charge in [0, 0.05) is 6.42 Å². The Morgan fingerprint density at radius 3 is 2.81 bits per heavy atom. The number of nitrogens with zero attached hydrogens (tertiary/aromatic N) is 2. The number of aromatic nitrogens is 2. The number of halogens is 1. The normalized spacial score (nSPS) is 16.5. The van der Waals surface area contributed by atoms with Gasteiger partial charge in [0.15, 0.2) is 5.82 Å². The number of ether oxygens (including phenoxy) is 1. The summed E-state index contributed by atoms with van der Waals surface area (Å²) in [6.07, 6.45) is 4.57. The fourth-order valence-electron chi connectivity index (χ4n) is 2.46. The van der Waals surface area contributed by atoms with Gasteiger partial charge < -0.3 is 15.0 Å². The molecule has 6 heteroatoms. The van der Waals surface area contributed by atoms with Crippen molar-refractivity contribution in [1.82, 2.24) is 10.1 Å². The van der Waals surface area contributed by atoms with Crippen LogP contribution >= 0.6 is 15.9 Å². The predicted molar refractivity (Wildman–Crippen MR) is 82.1 cm³/mol. The lowest BCUT2D eigenvalue weighted by atomic mass is 9.77. The zero-order valence-corrected chi connectivity index (χ0v) is 13.5. The van der Waals surface area contributed by atoms with Crippen LogP contribution in [-0.4, -0.2) is 17.3 Å². The summed E-state index contributed by atoms with van der Waals surface area (Å²) in [7, 11) is 1.66. The largest absolute Gasteiger partial charge is 0.496 e. The Balaban J connectivity index is 1.64. The van der Waals surface area contributed by atoms with Crippen LogP contribution in [0.25, 0.3) is 0 Å². The monoisotopic (exact) mass is 351 g/mol. The fraction of sp³-hybridized carbons (Fsp3) is 0.467. The minimum atomic E-state index is -0.356. The van der Waals surface area contributed by atoms with Gasteiger partial charge in [0.05, 0.1) is 17.1 Å². The van der Waals surface area contributed by atoms with Crippen molar-refractivity contribution in [3.05, 3.63) is 40.0 Å². The highest BCUT2D eigenvalue weighted by atomic mass is 79.9. The lowest BCUT2D eigenvalue weighted by Crippen LogP contribution is -2.44. The average Bonchev–Trinajstić information content (AvgIpc) is 2.92. The van der Waals surface area contributed by atoms with Gasteiger partial charge in [-0.05, 0) is 59.3 Å². The molecule has 2 aromatic rings. The zero-order chi connectivity index (χ0) is 14.9. The molecule has 0 radical (unpaired) electrons. The maximum Gasteiger partial charge on any atom is 0.227 e. The first-order valence-electron chi connectivity index (χ1n) is 7.05. The molecule has 1 fully saturated rings. The summed E-state index contributed by atoms with van der Waals surface area (Å²) in [6.45, 7) is 0. The molecule has 21 heavy (non-hydrogen) atoms. The van der Waals surface area contributed by atoms with Crippen LogP contribution in [0.3, 0.4) is 0 Å². The van der Waals surface area contributed by atoms with Crippen molar-refractivity contribution in [2.75, 3.05) is 7.11 Å². The van der Waals surface area contributed by atoms with Crippen molar-refractivity contribution in [2.45, 2.75) is 37.6 Å². The van der Waals surface area contributed by atoms with Crippen LogP contribution in [0.2, 0.25) is 0 Å². The molecule has 3 rings (SSSR count). The first kappa shape index (κ1) is 14.5. The summed E-state index contributed by atoms with van der Waals surface area (Å²) >= 11 is 3.49. The molecule has 1 heterocycles. The van der Waals surface area contributed by atoms with E-state index < -0.39 is 0 Å². The van der Waals surface area contributed by atoms with Crippen molar-refractivity contribution in [1.29, 1.82) is 0 Å². The second-order valence-corrected chi connectivity index (χ2v) is 6.34. The first-order chi connectivity index (χ1) is 10.1. The molecule has 0 unspecified atom stereocenters. The number of aryl methyl sites for hydroxylation is 2. The highest BCUT2D eigenvalue weighted by Crippen LogP contribution is 2.36. The van der Waals surface area contributed by atoms with E-state index in [9.17, 15) is 0 Å². The standard InChI is InChI=1S/C15H18BrN3O2/c1-20-12-5-3-10(9-11(12)16)4-6-13-18-14(19-21-13)15(17)7-2-8-15/h3,5,9H,2,4,6-8,17H2,1H3. The second kappa shape index (κ2) is 5.77. The van der Waals surface area contributed by atoms with Crippen LogP contribution in [0.5, 0.6) is 5.75 Å². The number of benzene rings is 1. The molecule has 1 saturated carbocycles. The van der Waals surface area contributed by atoms with E-state index in [0.29, 0.717) is 18.1 Å². The Labute approximate surface area is 132 Å². The number of nitrogens with two attached hydrogens (primary N) is 1. The highest BCUT2D eigenvalue weighted by molar-refractivity contribution is 9.10. The smallest absolute Gasteiger partial charge is 0.227 e. The number of methoxy groups -OCH3 is 1. The lowest BCUT2D eigenvalue weighted by Gasteiger charge is -2.34. The summed E-state index contributed by atoms with van der Waals surface area (Å²) in [6, 6.07) is 6.03. The van der Waals surface area contributed by atoms with Gasteiger partial charge >= 0.3 is 0 Å². The number of rotatable bonds is 5. The second-order valence-electron chi connectivity index (χ2n) is 5.49. The third-order valence-corrected chi connectivity index (χ3v) is 4.62. The van der Waals surface area contributed by atoms with Crippen molar-refractivity contribution >= 4 is 15.9 Å². The van der Waals surface area contributed by atoms with E-state index in [2.05, 4.69) is 26.1 Å². The summed E-state index contributed by atoms with van der Waals surface area (Å²) in [5, 5.41) is 4.03. The third kappa shape index (κ3) is 2.96. The van der Waals surface area contributed by atoms with E-state index >= 15 is 0 Å². The maximum atomic E-state index is 6.19. The molecule has 0 spiro atoms. The highest BCUT2D eigenvalue weighted by Gasteiger charge is 2.38. The summed E-state index contributed by atoms with van der Waals surface area (Å²) in [4.78, 5) is 4.44. The van der Waals surface area contributed by atoms with E-state index in [1.807, 2.05) is 18.2 Å². The lowest BCUT2D eigenvalue weighted by molar-refractivity contribution is 0.229. The van der Waals surface area contributed by atoms with Gasteiger partial charge in [-0.25, -0.2) is 0 Å². The van der Waals surface area contributed by atoms with Gasteiger partial charge in [0.2, 0.25) is 5.89 Å². The van der Waals surface area contributed by atoms with Gasteiger partial charge in [-0.2, -0.15) is 4.98 Å². The Hall–Kier alpha value is -1.40. The molecule has 112 valence electrons. The molecular weight excluding hydrogens is 334 g/mol. The quantitative estimate of drug-likeness (QED) is 0.896. The summed E-state index contributed by atoms with van der Waals surface area (Å²) in [5.74, 6) is 2.13. The van der Waals surface area contributed by atoms with E-state index in [1.54, 1.807) is 7.11 Å². The van der Waals surface area contributed by atoms with E-state index in [1.165, 1.54) is 5.56 Å². The van der Waals surface area contributed by atoms with Crippen LogP contribution in [0.15, 0.2) is 27.2 Å². The van der Waals surface area contributed by atoms with Gasteiger partial charge in [-0.15, -0.1) is 0 Å². The summed E-state index contributed by atoms with van der Waals surface area (Å²) < 4.78 is 11.5. The molecule has 1 aliphatic rings. The average molecular weight is 352 g/mol. The molecule has 0 amide bonds. The fourth-order valence-corrected chi connectivity index (χ4v) is 3.04. The van der Waals surface area contributed by atoms with E-state index in [0.717, 1.165) is 35.9 Å². The molecule has 1 aromatic carbocycles. The van der Waals surface area contributed by atoms with Gasteiger partial charge in [0.1, 0.15) is 5.75 Å². The molecule has 1 aliphatic carbocycles. The van der Waals surface area contributed by atoms with Gasteiger partial charge in [-0.1, -0.05) is 11.2 Å². The third-order valence-electron chi connectivity index (χ3n) is 4.00. The Morgan fingerprint density at radius 1 is 1.38 bits per heavy atom. The molecule has 0 bridgehead atoms. The molecule has 1 aromatic heterocycles. The van der Waals surface area contributed by atoms with Crippen LogP contribution < -0.4 is 10.5 Å². The topological polar surface area (TPSA) is 74.2 Å². The minimum absolute atomic E-state index is 0.356. The first-order valence-corrected chi connectivity index (χ1v) is 7.84. The predicted octanol–water partition coefficient (Wildman–Crippen LogP) is 2.96. The van der Waals surface area contributed by atoms with E-state index in [-0.39, 0.29) is 5.54 Å². The molecule has 5 nitrogen and oxygen atoms in total. The Morgan fingerprint density at radius 2 is 2.19 bits per heavy atom. The van der Waals surface area contributed by atoms with Crippen molar-refractivity contribution in [2.24, 2.45) is 5.73 Å². The van der Waals surface area contributed by atoms with Crippen LogP contribution in [-0.2, 0) is 18.4 Å². The molecule has 0 saturated heterocycles. The van der Waals surface area contributed by atoms with Gasteiger partial charge in [-0.3, -0.25) is 0 Å². The minimum Gasteiger partial charge on any atom is -0.496 e. The van der Waals surface area contributed by atoms with Crippen molar-refractivity contribution in [3.63, 3.8) is 0 Å². The zero-order valence-electron chi connectivity index (χ0n) is 11.9. The van der Waals surface area contributed by atoms with Crippen LogP contribution in [0.4, 0.5) is 0 Å². The molecular formula is C15H18BrN3O2. The van der Waals surface area contributed by atoms with Crippen molar-refractivity contribution < 1.29 is 9.26 Å². The Kier molecular flexibility index (Phi) is 3.99. The Bertz CT molecular complexity index is 638. The van der Waals surface area contributed by atoms with E-state index in [4.69, 9.17) is 15.0 Å². The molecule has 0 aliphatic heterocycles. The van der Waals surface area contributed by atoms with Crippen molar-refractivity contribution in [3.8, 4) is 5.75 Å². The maximum absolute atomic E-state index is 6.19. The SMILES string of the molecule is COc1ccc(CCc2nc(C3(N)CCC3)no2)cc1Br. The number of hydrogen-bond donors (Lipinski definition) is 1. The van der Waals surface area contributed by atoms with Crippen LogP contribution in [0.1, 0.15) is 36.5 Å². The number of hydrogen-bond acceptors (Lipinski definition) is 5. The van der Waals surface area contributed by atoms with Crippen LogP contribution in [0, 0.1) is 0 Å².